The zero-order valence-corrected chi connectivity index (χ0v) is 11.0. The van der Waals surface area contributed by atoms with Crippen molar-refractivity contribution < 1.29 is 0 Å². The molecule has 1 fully saturated rings. The molecule has 2 atom stereocenters. The van der Waals surface area contributed by atoms with Crippen LogP contribution in [0.3, 0.4) is 0 Å². The minimum absolute atomic E-state index is 0.0425. The van der Waals surface area contributed by atoms with Crippen LogP contribution in [0.15, 0.2) is 6.33 Å². The fourth-order valence-electron chi connectivity index (χ4n) is 2.92. The van der Waals surface area contributed by atoms with Gasteiger partial charge in [0.05, 0.1) is 0 Å². The average molecular weight is 236 g/mol. The van der Waals surface area contributed by atoms with Gasteiger partial charge in [-0.05, 0) is 31.6 Å². The number of hydrogen-bond acceptors (Lipinski definition) is 3. The number of rotatable bonds is 5. The normalized spacial score (nSPS) is 28.8. The predicted molar refractivity (Wildman–Crippen MR) is 68.6 cm³/mol. The summed E-state index contributed by atoms with van der Waals surface area (Å²) in [5.74, 6) is 1.87. The zero-order valence-electron chi connectivity index (χ0n) is 11.0. The van der Waals surface area contributed by atoms with E-state index in [1.807, 2.05) is 4.68 Å². The van der Waals surface area contributed by atoms with Crippen LogP contribution in [0.2, 0.25) is 0 Å². The molecule has 0 bridgehead atoms. The highest BCUT2D eigenvalue weighted by Gasteiger charge is 2.36. The molecule has 0 aliphatic heterocycles. The summed E-state index contributed by atoms with van der Waals surface area (Å²) in [5.41, 5.74) is 6.46. The molecular formula is C13H24N4. The van der Waals surface area contributed by atoms with Crippen molar-refractivity contribution in [1.29, 1.82) is 0 Å². The number of aryl methyl sites for hydroxylation is 1. The number of nitrogens with zero attached hydrogens (tertiary/aromatic N) is 3. The topological polar surface area (TPSA) is 56.7 Å². The number of nitrogens with two attached hydrogens (primary N) is 1. The van der Waals surface area contributed by atoms with Crippen molar-refractivity contribution in [3.05, 3.63) is 12.2 Å². The molecule has 0 radical (unpaired) electrons. The minimum Gasteiger partial charge on any atom is -0.325 e. The van der Waals surface area contributed by atoms with Gasteiger partial charge in [0, 0.05) is 18.5 Å². The van der Waals surface area contributed by atoms with Crippen LogP contribution < -0.4 is 5.73 Å². The van der Waals surface area contributed by atoms with Gasteiger partial charge in [-0.1, -0.05) is 20.3 Å². The Morgan fingerprint density at radius 2 is 2.35 bits per heavy atom. The molecule has 4 heteroatoms. The lowest BCUT2D eigenvalue weighted by Crippen LogP contribution is -2.40. The molecule has 1 aromatic rings. The molecule has 1 saturated carbocycles. The molecule has 0 aromatic carbocycles. The lowest BCUT2D eigenvalue weighted by Gasteiger charge is -2.23. The Kier molecular flexibility index (Phi) is 3.82. The second kappa shape index (κ2) is 5.17. The third-order valence-corrected chi connectivity index (χ3v) is 3.96. The lowest BCUT2D eigenvalue weighted by molar-refractivity contribution is 0.388. The Hall–Kier alpha value is -0.900. The molecule has 0 saturated heterocycles. The van der Waals surface area contributed by atoms with E-state index < -0.39 is 0 Å². The van der Waals surface area contributed by atoms with Crippen LogP contribution in [-0.4, -0.2) is 20.3 Å². The van der Waals surface area contributed by atoms with Crippen molar-refractivity contribution in [2.75, 3.05) is 0 Å². The fourth-order valence-corrected chi connectivity index (χ4v) is 2.92. The van der Waals surface area contributed by atoms with E-state index >= 15 is 0 Å². The molecule has 2 unspecified atom stereocenters. The maximum absolute atomic E-state index is 6.50. The van der Waals surface area contributed by atoms with Gasteiger partial charge in [0.15, 0.2) is 0 Å². The van der Waals surface area contributed by atoms with Crippen LogP contribution in [0.4, 0.5) is 0 Å². The summed E-state index contributed by atoms with van der Waals surface area (Å²) >= 11 is 0. The van der Waals surface area contributed by atoms with Gasteiger partial charge in [-0.3, -0.25) is 4.68 Å². The first-order chi connectivity index (χ1) is 8.17. The fraction of sp³-hybridized carbons (Fsp3) is 0.846. The molecular weight excluding hydrogens is 212 g/mol. The SMILES string of the molecule is CCCn1ncnc1CC1(N)CCC(CC)C1. The zero-order chi connectivity index (χ0) is 12.3. The van der Waals surface area contributed by atoms with Gasteiger partial charge in [-0.25, -0.2) is 4.98 Å². The first-order valence-electron chi connectivity index (χ1n) is 6.82. The Labute approximate surface area is 104 Å². The van der Waals surface area contributed by atoms with Crippen molar-refractivity contribution in [1.82, 2.24) is 14.8 Å². The van der Waals surface area contributed by atoms with E-state index in [1.54, 1.807) is 6.33 Å². The second-order valence-corrected chi connectivity index (χ2v) is 5.46. The predicted octanol–water partition coefficient (Wildman–Crippen LogP) is 2.14. The average Bonchev–Trinajstić information content (AvgIpc) is 2.88. The van der Waals surface area contributed by atoms with E-state index in [0.717, 1.165) is 44.0 Å². The number of aromatic nitrogens is 3. The quantitative estimate of drug-likeness (QED) is 0.852. The van der Waals surface area contributed by atoms with Crippen molar-refractivity contribution in [3.63, 3.8) is 0 Å². The van der Waals surface area contributed by atoms with E-state index in [1.165, 1.54) is 12.8 Å². The van der Waals surface area contributed by atoms with Crippen LogP contribution in [0, 0.1) is 5.92 Å². The van der Waals surface area contributed by atoms with E-state index in [4.69, 9.17) is 5.73 Å². The molecule has 1 heterocycles. The monoisotopic (exact) mass is 236 g/mol. The van der Waals surface area contributed by atoms with Crippen molar-refractivity contribution in [2.45, 2.75) is 64.5 Å². The molecule has 4 nitrogen and oxygen atoms in total. The summed E-state index contributed by atoms with van der Waals surface area (Å²) in [6, 6.07) is 0. The van der Waals surface area contributed by atoms with Crippen LogP contribution in [-0.2, 0) is 13.0 Å². The Morgan fingerprint density at radius 1 is 1.53 bits per heavy atom. The minimum atomic E-state index is -0.0425. The van der Waals surface area contributed by atoms with E-state index in [0.29, 0.717) is 0 Å². The smallest absolute Gasteiger partial charge is 0.138 e. The van der Waals surface area contributed by atoms with Gasteiger partial charge in [0.1, 0.15) is 12.2 Å². The Morgan fingerprint density at radius 3 is 3.00 bits per heavy atom. The third-order valence-electron chi connectivity index (χ3n) is 3.96. The summed E-state index contributed by atoms with van der Waals surface area (Å²) in [7, 11) is 0. The molecule has 1 aliphatic rings. The summed E-state index contributed by atoms with van der Waals surface area (Å²) in [5, 5.41) is 4.27. The third kappa shape index (κ3) is 2.86. The van der Waals surface area contributed by atoms with Gasteiger partial charge in [-0.15, -0.1) is 0 Å². The summed E-state index contributed by atoms with van der Waals surface area (Å²) < 4.78 is 2.01. The van der Waals surface area contributed by atoms with Crippen molar-refractivity contribution in [3.8, 4) is 0 Å². The standard InChI is InChI=1S/C13H24N4/c1-3-7-17-12(15-10-16-17)9-13(14)6-5-11(4-2)8-13/h10-11H,3-9,14H2,1-2H3. The lowest BCUT2D eigenvalue weighted by atomic mass is 9.92. The van der Waals surface area contributed by atoms with Gasteiger partial charge in [-0.2, -0.15) is 5.10 Å². The molecule has 1 aliphatic carbocycles. The van der Waals surface area contributed by atoms with Gasteiger partial charge < -0.3 is 5.73 Å². The number of hydrogen-bond donors (Lipinski definition) is 1. The van der Waals surface area contributed by atoms with E-state index in [9.17, 15) is 0 Å². The summed E-state index contributed by atoms with van der Waals surface area (Å²) in [4.78, 5) is 4.37. The largest absolute Gasteiger partial charge is 0.325 e. The highest BCUT2D eigenvalue weighted by atomic mass is 15.3. The van der Waals surface area contributed by atoms with E-state index in [-0.39, 0.29) is 5.54 Å². The molecule has 2 N–H and O–H groups in total. The molecule has 17 heavy (non-hydrogen) atoms. The molecule has 0 spiro atoms. The highest BCUT2D eigenvalue weighted by Crippen LogP contribution is 2.36. The van der Waals surface area contributed by atoms with E-state index in [2.05, 4.69) is 23.9 Å². The Balaban J connectivity index is 2.02. The molecule has 96 valence electrons. The molecule has 2 rings (SSSR count). The van der Waals surface area contributed by atoms with Crippen LogP contribution in [0.1, 0.15) is 51.8 Å². The molecule has 1 aromatic heterocycles. The Bertz CT molecular complexity index is 360. The summed E-state index contributed by atoms with van der Waals surface area (Å²) in [6.07, 6.45) is 8.41. The molecule has 0 amide bonds. The van der Waals surface area contributed by atoms with Crippen LogP contribution >= 0.6 is 0 Å². The summed E-state index contributed by atoms with van der Waals surface area (Å²) in [6.45, 7) is 5.37. The van der Waals surface area contributed by atoms with Crippen LogP contribution in [0.5, 0.6) is 0 Å². The van der Waals surface area contributed by atoms with Gasteiger partial charge >= 0.3 is 0 Å². The maximum atomic E-state index is 6.50. The van der Waals surface area contributed by atoms with Gasteiger partial charge in [0.25, 0.3) is 0 Å². The maximum Gasteiger partial charge on any atom is 0.138 e. The first kappa shape index (κ1) is 12.6. The second-order valence-electron chi connectivity index (χ2n) is 5.46. The van der Waals surface area contributed by atoms with Crippen molar-refractivity contribution >= 4 is 0 Å². The van der Waals surface area contributed by atoms with Gasteiger partial charge in [0.2, 0.25) is 0 Å². The highest BCUT2D eigenvalue weighted by molar-refractivity contribution is 5.01. The van der Waals surface area contributed by atoms with Crippen LogP contribution in [0.25, 0.3) is 0 Å². The first-order valence-corrected chi connectivity index (χ1v) is 6.82. The van der Waals surface area contributed by atoms with Crippen molar-refractivity contribution in [2.24, 2.45) is 11.7 Å².